The van der Waals surface area contributed by atoms with E-state index in [9.17, 15) is 4.79 Å². The summed E-state index contributed by atoms with van der Waals surface area (Å²) < 4.78 is 0. The van der Waals surface area contributed by atoms with Crippen LogP contribution >= 0.6 is 12.2 Å². The van der Waals surface area contributed by atoms with E-state index in [0.29, 0.717) is 10.8 Å². The number of thiocarbonyl (C=S) groups is 1. The minimum atomic E-state index is -0.341. The maximum atomic E-state index is 11.3. The maximum absolute atomic E-state index is 11.3. The molecule has 1 rings (SSSR count). The first kappa shape index (κ1) is 10.5. The van der Waals surface area contributed by atoms with E-state index in [2.05, 4.69) is 26.4 Å². The summed E-state index contributed by atoms with van der Waals surface area (Å²) in [4.78, 5) is 11.3. The van der Waals surface area contributed by atoms with E-state index in [0.717, 1.165) is 5.69 Å². The molecule has 0 unspecified atom stereocenters. The first-order valence-electron chi connectivity index (χ1n) is 3.93. The lowest BCUT2D eigenvalue weighted by atomic mass is 10.4. The number of aryl methyl sites for hydroxylation is 1. The number of H-pyrrole nitrogens is 1. The van der Waals surface area contributed by atoms with E-state index in [1.165, 1.54) is 0 Å². The SMILES string of the molecule is CNC(=S)NNC(=O)c1cc(C)[nH]n1. The Balaban J connectivity index is 2.47. The van der Waals surface area contributed by atoms with Gasteiger partial charge in [-0.25, -0.2) is 0 Å². The van der Waals surface area contributed by atoms with Gasteiger partial charge in [0.2, 0.25) is 0 Å². The smallest absolute Gasteiger partial charge is 0.290 e. The number of carbonyl (C=O) groups is 1. The summed E-state index contributed by atoms with van der Waals surface area (Å²) in [5.41, 5.74) is 6.03. The molecule has 0 aliphatic rings. The van der Waals surface area contributed by atoms with Gasteiger partial charge < -0.3 is 5.32 Å². The van der Waals surface area contributed by atoms with Gasteiger partial charge in [0, 0.05) is 12.7 Å². The van der Waals surface area contributed by atoms with Crippen LogP contribution in [0, 0.1) is 6.92 Å². The minimum Gasteiger partial charge on any atom is -0.364 e. The molecule has 0 aliphatic heterocycles. The van der Waals surface area contributed by atoms with Crippen molar-refractivity contribution in [3.8, 4) is 0 Å². The number of hydrazine groups is 1. The van der Waals surface area contributed by atoms with E-state index in [-0.39, 0.29) is 5.91 Å². The lowest BCUT2D eigenvalue weighted by Crippen LogP contribution is -2.45. The van der Waals surface area contributed by atoms with Crippen LogP contribution < -0.4 is 16.2 Å². The van der Waals surface area contributed by atoms with Crippen molar-refractivity contribution in [2.24, 2.45) is 0 Å². The van der Waals surface area contributed by atoms with Crippen molar-refractivity contribution in [1.29, 1.82) is 0 Å². The highest BCUT2D eigenvalue weighted by molar-refractivity contribution is 7.80. The molecule has 1 aromatic heterocycles. The van der Waals surface area contributed by atoms with E-state index >= 15 is 0 Å². The van der Waals surface area contributed by atoms with Crippen LogP contribution in [0.1, 0.15) is 16.2 Å². The number of carbonyl (C=O) groups excluding carboxylic acids is 1. The van der Waals surface area contributed by atoms with Crippen LogP contribution in [0.5, 0.6) is 0 Å². The van der Waals surface area contributed by atoms with Gasteiger partial charge in [-0.2, -0.15) is 5.10 Å². The van der Waals surface area contributed by atoms with E-state index < -0.39 is 0 Å². The molecular weight excluding hydrogens is 202 g/mol. The Morgan fingerprint density at radius 1 is 1.57 bits per heavy atom. The van der Waals surface area contributed by atoms with Crippen molar-refractivity contribution in [3.05, 3.63) is 17.5 Å². The van der Waals surface area contributed by atoms with Crippen molar-refractivity contribution < 1.29 is 4.79 Å². The van der Waals surface area contributed by atoms with Gasteiger partial charge in [-0.1, -0.05) is 0 Å². The van der Waals surface area contributed by atoms with Crippen LogP contribution in [0.25, 0.3) is 0 Å². The third-order valence-electron chi connectivity index (χ3n) is 1.46. The molecule has 4 N–H and O–H groups in total. The fourth-order valence-corrected chi connectivity index (χ4v) is 0.825. The lowest BCUT2D eigenvalue weighted by molar-refractivity contribution is 0.0938. The Hall–Kier alpha value is -1.63. The fraction of sp³-hybridized carbons (Fsp3) is 0.286. The second kappa shape index (κ2) is 4.56. The Morgan fingerprint density at radius 2 is 2.29 bits per heavy atom. The van der Waals surface area contributed by atoms with E-state index in [1.807, 2.05) is 6.92 Å². The van der Waals surface area contributed by atoms with E-state index in [4.69, 9.17) is 12.2 Å². The van der Waals surface area contributed by atoms with Crippen molar-refractivity contribution in [2.75, 3.05) is 7.05 Å². The number of rotatable bonds is 1. The largest absolute Gasteiger partial charge is 0.364 e. The summed E-state index contributed by atoms with van der Waals surface area (Å²) in [7, 11) is 1.65. The second-order valence-electron chi connectivity index (χ2n) is 2.59. The van der Waals surface area contributed by atoms with Crippen molar-refractivity contribution in [1.82, 2.24) is 26.4 Å². The molecule has 0 spiro atoms. The normalized spacial score (nSPS) is 9.29. The number of nitrogens with zero attached hydrogens (tertiary/aromatic N) is 1. The molecule has 0 fully saturated rings. The van der Waals surface area contributed by atoms with Crippen LogP contribution in [0.2, 0.25) is 0 Å². The topological polar surface area (TPSA) is 81.8 Å². The van der Waals surface area contributed by atoms with Crippen LogP contribution in [0.15, 0.2) is 6.07 Å². The van der Waals surface area contributed by atoms with Gasteiger partial charge in [-0.15, -0.1) is 0 Å². The third-order valence-corrected chi connectivity index (χ3v) is 1.76. The molecule has 7 heteroatoms. The molecular formula is C7H11N5OS. The zero-order chi connectivity index (χ0) is 10.6. The second-order valence-corrected chi connectivity index (χ2v) is 3.00. The summed E-state index contributed by atoms with van der Waals surface area (Å²) in [6, 6.07) is 1.64. The average Bonchev–Trinajstić information content (AvgIpc) is 2.60. The van der Waals surface area contributed by atoms with Gasteiger partial charge >= 0.3 is 0 Å². The predicted molar refractivity (Wildman–Crippen MR) is 55.6 cm³/mol. The summed E-state index contributed by atoms with van der Waals surface area (Å²) in [5.74, 6) is -0.341. The molecule has 0 aromatic carbocycles. The lowest BCUT2D eigenvalue weighted by Gasteiger charge is -2.06. The molecule has 0 atom stereocenters. The number of hydrogen-bond donors (Lipinski definition) is 4. The van der Waals surface area contributed by atoms with Gasteiger partial charge in [-0.3, -0.25) is 20.7 Å². The molecule has 0 bridgehead atoms. The summed E-state index contributed by atoms with van der Waals surface area (Å²) in [5, 5.41) is 9.44. The predicted octanol–water partition coefficient (Wildman–Crippen LogP) is -0.543. The summed E-state index contributed by atoms with van der Waals surface area (Å²) in [6.45, 7) is 1.81. The fourth-order valence-electron chi connectivity index (χ4n) is 0.774. The maximum Gasteiger partial charge on any atom is 0.290 e. The van der Waals surface area contributed by atoms with E-state index in [1.54, 1.807) is 13.1 Å². The highest BCUT2D eigenvalue weighted by Gasteiger charge is 2.08. The Bertz CT molecular complexity index is 348. The molecule has 14 heavy (non-hydrogen) atoms. The van der Waals surface area contributed by atoms with Gasteiger partial charge in [0.05, 0.1) is 0 Å². The monoisotopic (exact) mass is 213 g/mol. The van der Waals surface area contributed by atoms with Crippen LogP contribution in [0.4, 0.5) is 0 Å². The quantitative estimate of drug-likeness (QED) is 0.372. The molecule has 1 amide bonds. The zero-order valence-electron chi connectivity index (χ0n) is 7.84. The molecule has 0 saturated carbocycles. The van der Waals surface area contributed by atoms with Gasteiger partial charge in [-0.05, 0) is 25.2 Å². The molecule has 0 saturated heterocycles. The Labute approximate surface area is 86.4 Å². The highest BCUT2D eigenvalue weighted by atomic mass is 32.1. The Kier molecular flexibility index (Phi) is 3.41. The van der Waals surface area contributed by atoms with Gasteiger partial charge in [0.1, 0.15) is 0 Å². The third kappa shape index (κ3) is 2.70. The average molecular weight is 213 g/mol. The number of aromatic nitrogens is 2. The number of hydrogen-bond acceptors (Lipinski definition) is 3. The van der Waals surface area contributed by atoms with Crippen molar-refractivity contribution in [2.45, 2.75) is 6.92 Å². The number of amides is 1. The van der Waals surface area contributed by atoms with Gasteiger partial charge in [0.15, 0.2) is 10.8 Å². The molecule has 1 heterocycles. The molecule has 76 valence electrons. The molecule has 0 aliphatic carbocycles. The molecule has 0 radical (unpaired) electrons. The number of aromatic amines is 1. The molecule has 6 nitrogen and oxygen atoms in total. The zero-order valence-corrected chi connectivity index (χ0v) is 8.66. The number of nitrogens with one attached hydrogen (secondary N) is 4. The standard InChI is InChI=1S/C7H11N5OS/c1-4-3-5(10-9-4)6(13)11-12-7(14)8-2/h3H,1-2H3,(H,9,10)(H,11,13)(H2,8,12,14). The summed E-state index contributed by atoms with van der Waals surface area (Å²) >= 11 is 4.76. The van der Waals surface area contributed by atoms with Crippen LogP contribution in [-0.2, 0) is 0 Å². The minimum absolute atomic E-state index is 0.314. The summed E-state index contributed by atoms with van der Waals surface area (Å²) in [6.07, 6.45) is 0. The highest BCUT2D eigenvalue weighted by Crippen LogP contribution is 1.95. The van der Waals surface area contributed by atoms with Crippen LogP contribution in [-0.4, -0.2) is 28.3 Å². The first-order valence-corrected chi connectivity index (χ1v) is 4.34. The van der Waals surface area contributed by atoms with Crippen molar-refractivity contribution in [3.63, 3.8) is 0 Å². The van der Waals surface area contributed by atoms with Crippen molar-refractivity contribution >= 4 is 23.2 Å². The molecule has 1 aromatic rings. The Morgan fingerprint density at radius 3 is 2.79 bits per heavy atom. The van der Waals surface area contributed by atoms with Crippen LogP contribution in [0.3, 0.4) is 0 Å². The first-order chi connectivity index (χ1) is 6.63. The van der Waals surface area contributed by atoms with Gasteiger partial charge in [0.25, 0.3) is 5.91 Å².